The molecule has 0 bridgehead atoms. The van der Waals surface area contributed by atoms with Crippen LogP contribution < -0.4 is 4.74 Å². The maximum Gasteiger partial charge on any atom is 0.263 e. The maximum absolute atomic E-state index is 12.6. The Morgan fingerprint density at radius 2 is 2.00 bits per heavy atom. The number of benzene rings is 1. The monoisotopic (exact) mass is 342 g/mol. The number of imide groups is 1. The lowest BCUT2D eigenvalue weighted by molar-refractivity contribution is 0.0632. The number of fused-ring (bicyclic) bond motifs is 3. The summed E-state index contributed by atoms with van der Waals surface area (Å²) in [4.78, 5) is 30.3. The Labute approximate surface area is 141 Å². The highest BCUT2D eigenvalue weighted by molar-refractivity contribution is 6.32. The first-order chi connectivity index (χ1) is 11.7. The molecule has 0 aliphatic carbocycles. The van der Waals surface area contributed by atoms with Gasteiger partial charge in [-0.05, 0) is 12.1 Å². The Morgan fingerprint density at radius 1 is 1.17 bits per heavy atom. The van der Waals surface area contributed by atoms with E-state index < -0.39 is 0 Å². The average molecular weight is 343 g/mol. The molecule has 1 aliphatic rings. The molecule has 3 heterocycles. The zero-order valence-electron chi connectivity index (χ0n) is 12.3. The number of halogens is 1. The number of nitrogens with one attached hydrogen (secondary N) is 1. The molecule has 8 heteroatoms. The van der Waals surface area contributed by atoms with Crippen LogP contribution in [0.5, 0.6) is 5.75 Å². The number of ether oxygens (including phenoxy) is 1. The van der Waals surface area contributed by atoms with E-state index in [0.29, 0.717) is 27.4 Å². The first-order valence-corrected chi connectivity index (χ1v) is 7.60. The molecule has 4 rings (SSSR count). The number of para-hydroxylation sites is 1. The normalized spacial score (nSPS) is 13.6. The molecule has 120 valence electrons. The van der Waals surface area contributed by atoms with Crippen LogP contribution in [0.1, 0.15) is 20.7 Å². The number of carbonyl (C=O) groups is 2. The first-order valence-electron chi connectivity index (χ1n) is 7.22. The molecule has 0 unspecified atom stereocenters. The fourth-order valence-corrected chi connectivity index (χ4v) is 2.87. The Balaban J connectivity index is 1.54. The Bertz CT molecular complexity index is 969. The van der Waals surface area contributed by atoms with Crippen molar-refractivity contribution in [3.05, 3.63) is 52.8 Å². The van der Waals surface area contributed by atoms with E-state index >= 15 is 0 Å². The zero-order chi connectivity index (χ0) is 16.7. The predicted molar refractivity (Wildman–Crippen MR) is 86.2 cm³/mol. The van der Waals surface area contributed by atoms with Crippen LogP contribution in [-0.4, -0.2) is 45.0 Å². The fourth-order valence-electron chi connectivity index (χ4n) is 2.68. The number of aromatic nitrogens is 3. The van der Waals surface area contributed by atoms with E-state index in [2.05, 4.69) is 15.2 Å². The molecule has 1 aliphatic heterocycles. The number of hydrogen-bond acceptors (Lipinski definition) is 5. The van der Waals surface area contributed by atoms with Gasteiger partial charge in [0.1, 0.15) is 12.4 Å². The highest BCUT2D eigenvalue weighted by atomic mass is 35.5. The molecule has 2 aromatic heterocycles. The van der Waals surface area contributed by atoms with Crippen LogP contribution in [0, 0.1) is 0 Å². The van der Waals surface area contributed by atoms with E-state index in [1.165, 1.54) is 12.4 Å². The molecule has 0 spiro atoms. The molecule has 3 aromatic rings. The lowest BCUT2D eigenvalue weighted by atomic mass is 10.1. The number of amides is 2. The van der Waals surface area contributed by atoms with Gasteiger partial charge in [-0.3, -0.25) is 19.6 Å². The molecule has 1 aromatic carbocycles. The third-order valence-corrected chi connectivity index (χ3v) is 4.14. The lowest BCUT2D eigenvalue weighted by Crippen LogP contribution is -2.33. The Kier molecular flexibility index (Phi) is 3.42. The molecule has 0 saturated carbocycles. The molecule has 0 radical (unpaired) electrons. The van der Waals surface area contributed by atoms with Gasteiger partial charge >= 0.3 is 0 Å². The summed E-state index contributed by atoms with van der Waals surface area (Å²) in [5, 5.41) is 7.57. The predicted octanol–water partition coefficient (Wildman–Crippen LogP) is 2.29. The van der Waals surface area contributed by atoms with Gasteiger partial charge in [-0.1, -0.05) is 23.7 Å². The molecule has 24 heavy (non-hydrogen) atoms. The van der Waals surface area contributed by atoms with Gasteiger partial charge in [0, 0.05) is 6.20 Å². The van der Waals surface area contributed by atoms with Crippen molar-refractivity contribution in [2.45, 2.75) is 0 Å². The van der Waals surface area contributed by atoms with Crippen molar-refractivity contribution in [1.82, 2.24) is 20.1 Å². The molecule has 0 fully saturated rings. The van der Waals surface area contributed by atoms with Crippen LogP contribution in [0.15, 0.2) is 36.7 Å². The van der Waals surface area contributed by atoms with Gasteiger partial charge in [0.25, 0.3) is 11.8 Å². The van der Waals surface area contributed by atoms with E-state index in [1.54, 1.807) is 24.3 Å². The topological polar surface area (TPSA) is 88.2 Å². The van der Waals surface area contributed by atoms with E-state index in [4.69, 9.17) is 16.3 Å². The van der Waals surface area contributed by atoms with Crippen molar-refractivity contribution in [3.63, 3.8) is 0 Å². The number of carbonyl (C=O) groups excluding carboxylic acids is 2. The Hall–Kier alpha value is -2.93. The van der Waals surface area contributed by atoms with Gasteiger partial charge in [-0.25, -0.2) is 4.98 Å². The van der Waals surface area contributed by atoms with Crippen molar-refractivity contribution >= 4 is 34.4 Å². The summed E-state index contributed by atoms with van der Waals surface area (Å²) in [5.74, 6) is -0.241. The molecule has 2 amide bonds. The van der Waals surface area contributed by atoms with E-state index in [0.717, 1.165) is 4.90 Å². The van der Waals surface area contributed by atoms with Gasteiger partial charge < -0.3 is 4.74 Å². The van der Waals surface area contributed by atoms with Crippen molar-refractivity contribution in [2.75, 3.05) is 13.2 Å². The van der Waals surface area contributed by atoms with Crippen LogP contribution in [-0.2, 0) is 0 Å². The van der Waals surface area contributed by atoms with Gasteiger partial charge in [0.2, 0.25) is 0 Å². The minimum atomic E-state index is -0.381. The van der Waals surface area contributed by atoms with Gasteiger partial charge in [0.05, 0.1) is 34.3 Å². The highest BCUT2D eigenvalue weighted by Gasteiger charge is 2.37. The molecule has 0 saturated heterocycles. The smallest absolute Gasteiger partial charge is 0.263 e. The van der Waals surface area contributed by atoms with Gasteiger partial charge in [-0.15, -0.1) is 0 Å². The second kappa shape index (κ2) is 5.61. The number of aromatic amines is 1. The van der Waals surface area contributed by atoms with Crippen LogP contribution in [0.25, 0.3) is 11.0 Å². The van der Waals surface area contributed by atoms with Crippen molar-refractivity contribution in [2.24, 2.45) is 0 Å². The summed E-state index contributed by atoms with van der Waals surface area (Å²) < 4.78 is 5.55. The first kappa shape index (κ1) is 14.6. The van der Waals surface area contributed by atoms with Crippen LogP contribution in [0.2, 0.25) is 5.02 Å². The zero-order valence-corrected chi connectivity index (χ0v) is 13.1. The van der Waals surface area contributed by atoms with Crippen molar-refractivity contribution in [1.29, 1.82) is 0 Å². The van der Waals surface area contributed by atoms with Crippen molar-refractivity contribution < 1.29 is 14.3 Å². The van der Waals surface area contributed by atoms with E-state index in [9.17, 15) is 9.59 Å². The lowest BCUT2D eigenvalue weighted by Gasteiger charge is -2.14. The number of hydrogen-bond donors (Lipinski definition) is 1. The van der Waals surface area contributed by atoms with E-state index in [-0.39, 0.29) is 30.5 Å². The Morgan fingerprint density at radius 3 is 2.83 bits per heavy atom. The highest BCUT2D eigenvalue weighted by Crippen LogP contribution is 2.28. The van der Waals surface area contributed by atoms with Crippen LogP contribution >= 0.6 is 11.6 Å². The summed E-state index contributed by atoms with van der Waals surface area (Å²) in [5.41, 5.74) is 1.09. The molecule has 1 N–H and O–H groups in total. The number of nitrogens with zero attached hydrogens (tertiary/aromatic N) is 3. The fraction of sp³-hybridized carbons (Fsp3) is 0.125. The SMILES string of the molecule is O=C1c2cnc3[nH]ncc3c2C(=O)N1CCOc1ccccc1Cl. The third-order valence-electron chi connectivity index (χ3n) is 3.82. The molecule has 0 atom stereocenters. The molecule has 7 nitrogen and oxygen atoms in total. The quantitative estimate of drug-likeness (QED) is 0.735. The van der Waals surface area contributed by atoms with Gasteiger partial charge in [-0.2, -0.15) is 5.10 Å². The molecular formula is C16H11ClN4O3. The average Bonchev–Trinajstić information content (AvgIpc) is 3.14. The minimum Gasteiger partial charge on any atom is -0.490 e. The standard InChI is InChI=1S/C16H11ClN4O3/c17-11-3-1-2-4-12(11)24-6-5-21-15(22)10-7-18-14-9(8-19-20-14)13(10)16(21)23/h1-4,7-8H,5-6H2,(H,18,19,20). The summed E-state index contributed by atoms with van der Waals surface area (Å²) in [6.07, 6.45) is 2.89. The van der Waals surface area contributed by atoms with Crippen LogP contribution in [0.4, 0.5) is 0 Å². The second-order valence-corrected chi connectivity index (χ2v) is 5.63. The van der Waals surface area contributed by atoms with Crippen molar-refractivity contribution in [3.8, 4) is 5.75 Å². The van der Waals surface area contributed by atoms with Gasteiger partial charge in [0.15, 0.2) is 5.65 Å². The number of H-pyrrole nitrogens is 1. The summed E-state index contributed by atoms with van der Waals surface area (Å²) in [6.45, 7) is 0.272. The molecular weight excluding hydrogens is 332 g/mol. The minimum absolute atomic E-state index is 0.122. The summed E-state index contributed by atoms with van der Waals surface area (Å²) in [6, 6.07) is 7.02. The summed E-state index contributed by atoms with van der Waals surface area (Å²) in [7, 11) is 0. The maximum atomic E-state index is 12.6. The number of pyridine rings is 1. The van der Waals surface area contributed by atoms with Crippen LogP contribution in [0.3, 0.4) is 0 Å². The summed E-state index contributed by atoms with van der Waals surface area (Å²) >= 11 is 6.01. The third kappa shape index (κ3) is 2.21. The number of rotatable bonds is 4. The van der Waals surface area contributed by atoms with E-state index in [1.807, 2.05) is 0 Å². The largest absolute Gasteiger partial charge is 0.490 e. The second-order valence-electron chi connectivity index (χ2n) is 5.22.